The smallest absolute Gasteiger partial charge is 0.442 e. The number of hydrogen-bond acceptors (Lipinski definition) is 6. The van der Waals surface area contributed by atoms with Gasteiger partial charge in [-0.2, -0.15) is 13.2 Å². The molecule has 0 radical (unpaired) electrons. The van der Waals surface area contributed by atoms with Crippen LogP contribution >= 0.6 is 11.3 Å². The number of thiazole rings is 1. The standard InChI is InChI=1S/C18H22F3N3O3S/c1-4-6-7-14(25)23-17(18(19,20)21,15(26)27-5-2)24-16-22-12-9-8-11(3)10-13(12)28-16/h8-10H,4-7H2,1-3H3,(H,22,24)(H,23,25)/t17-/m1/s1. The molecule has 0 aliphatic carbocycles. The minimum atomic E-state index is -5.16. The highest BCUT2D eigenvalue weighted by Gasteiger charge is 2.64. The first-order chi connectivity index (χ1) is 13.1. The average Bonchev–Trinajstić information content (AvgIpc) is 2.99. The van der Waals surface area contributed by atoms with Crippen LogP contribution in [0.3, 0.4) is 0 Å². The lowest BCUT2D eigenvalue weighted by Crippen LogP contribution is -2.69. The highest BCUT2D eigenvalue weighted by atomic mass is 32.1. The molecule has 2 N–H and O–H groups in total. The van der Waals surface area contributed by atoms with E-state index < -0.39 is 23.7 Å². The predicted molar refractivity (Wildman–Crippen MR) is 101 cm³/mol. The maximum Gasteiger partial charge on any atom is 0.442 e. The third-order valence-corrected chi connectivity index (χ3v) is 4.86. The Morgan fingerprint density at radius 2 is 1.96 bits per heavy atom. The first kappa shape index (κ1) is 21.9. The molecule has 1 aromatic heterocycles. The molecule has 154 valence electrons. The maximum absolute atomic E-state index is 14.0. The van der Waals surface area contributed by atoms with E-state index in [-0.39, 0.29) is 18.2 Å². The number of fused-ring (bicyclic) bond motifs is 1. The van der Waals surface area contributed by atoms with Gasteiger partial charge in [-0.25, -0.2) is 9.78 Å². The Balaban J connectivity index is 2.47. The lowest BCUT2D eigenvalue weighted by molar-refractivity contribution is -0.207. The van der Waals surface area contributed by atoms with Crippen LogP contribution in [0.25, 0.3) is 10.2 Å². The summed E-state index contributed by atoms with van der Waals surface area (Å²) in [4.78, 5) is 28.6. The second-order valence-electron chi connectivity index (χ2n) is 6.24. The number of amides is 1. The third-order valence-electron chi connectivity index (χ3n) is 3.93. The highest BCUT2D eigenvalue weighted by molar-refractivity contribution is 7.22. The number of aromatic nitrogens is 1. The number of carbonyl (C=O) groups is 2. The van der Waals surface area contributed by atoms with E-state index in [1.165, 1.54) is 6.92 Å². The molecule has 2 aromatic rings. The van der Waals surface area contributed by atoms with E-state index in [4.69, 9.17) is 0 Å². The SMILES string of the molecule is CCCCC(=O)N[C@@](Nc1nc2ccc(C)cc2s1)(C(=O)OCC)C(F)(F)F. The molecule has 0 saturated carbocycles. The van der Waals surface area contributed by atoms with Crippen molar-refractivity contribution in [1.29, 1.82) is 0 Å². The maximum atomic E-state index is 14.0. The van der Waals surface area contributed by atoms with E-state index in [1.54, 1.807) is 25.1 Å². The lowest BCUT2D eigenvalue weighted by Gasteiger charge is -2.34. The largest absolute Gasteiger partial charge is 0.463 e. The van der Waals surface area contributed by atoms with Gasteiger partial charge in [-0.05, 0) is 38.0 Å². The third kappa shape index (κ3) is 4.73. The van der Waals surface area contributed by atoms with Crippen LogP contribution in [0.5, 0.6) is 0 Å². The Bertz CT molecular complexity index is 853. The number of ether oxygens (including phenoxy) is 1. The number of nitrogens with one attached hydrogen (secondary N) is 2. The van der Waals surface area contributed by atoms with E-state index in [0.717, 1.165) is 16.9 Å². The molecular formula is C18H22F3N3O3S. The molecule has 1 aromatic carbocycles. The highest BCUT2D eigenvalue weighted by Crippen LogP contribution is 2.36. The summed E-state index contributed by atoms with van der Waals surface area (Å²) in [6, 6.07) is 5.23. The van der Waals surface area contributed by atoms with Crippen LogP contribution < -0.4 is 10.6 Å². The average molecular weight is 417 g/mol. The van der Waals surface area contributed by atoms with Gasteiger partial charge in [-0.15, -0.1) is 0 Å². The molecule has 0 aliphatic rings. The monoisotopic (exact) mass is 417 g/mol. The second-order valence-corrected chi connectivity index (χ2v) is 7.27. The lowest BCUT2D eigenvalue weighted by atomic mass is 10.1. The number of alkyl halides is 3. The van der Waals surface area contributed by atoms with Gasteiger partial charge in [0, 0.05) is 6.42 Å². The fourth-order valence-electron chi connectivity index (χ4n) is 2.48. The fraction of sp³-hybridized carbons (Fsp3) is 0.500. The van der Waals surface area contributed by atoms with Crippen molar-refractivity contribution in [2.75, 3.05) is 11.9 Å². The van der Waals surface area contributed by atoms with Crippen LogP contribution in [0.4, 0.5) is 18.3 Å². The molecule has 0 spiro atoms. The molecule has 10 heteroatoms. The van der Waals surface area contributed by atoms with Crippen LogP contribution in [0, 0.1) is 6.92 Å². The molecule has 2 rings (SSSR count). The van der Waals surface area contributed by atoms with E-state index in [1.807, 2.05) is 12.2 Å². The van der Waals surface area contributed by atoms with Crippen molar-refractivity contribution in [2.45, 2.75) is 51.9 Å². The summed E-state index contributed by atoms with van der Waals surface area (Å²) < 4.78 is 47.4. The number of aryl methyl sites for hydroxylation is 1. The van der Waals surface area contributed by atoms with Crippen LogP contribution in [0.15, 0.2) is 18.2 Å². The molecular weight excluding hydrogens is 395 g/mol. The normalized spacial score (nSPS) is 13.8. The van der Waals surface area contributed by atoms with E-state index in [2.05, 4.69) is 15.0 Å². The Hall–Kier alpha value is -2.36. The van der Waals surface area contributed by atoms with E-state index in [0.29, 0.717) is 23.1 Å². The number of halogens is 3. The zero-order chi connectivity index (χ0) is 20.9. The van der Waals surface area contributed by atoms with Crippen molar-refractivity contribution in [3.05, 3.63) is 23.8 Å². The Morgan fingerprint density at radius 3 is 2.57 bits per heavy atom. The molecule has 1 amide bonds. The van der Waals surface area contributed by atoms with Crippen LogP contribution in [-0.2, 0) is 14.3 Å². The first-order valence-electron chi connectivity index (χ1n) is 8.83. The number of unbranched alkanes of at least 4 members (excludes halogenated alkanes) is 1. The molecule has 1 atom stereocenters. The second kappa shape index (κ2) is 8.76. The van der Waals surface area contributed by atoms with Crippen molar-refractivity contribution in [1.82, 2.24) is 10.3 Å². The fourth-order valence-corrected chi connectivity index (χ4v) is 3.50. The van der Waals surface area contributed by atoms with Crippen molar-refractivity contribution < 1.29 is 27.5 Å². The topological polar surface area (TPSA) is 80.3 Å². The minimum Gasteiger partial charge on any atom is -0.463 e. The molecule has 0 fully saturated rings. The summed E-state index contributed by atoms with van der Waals surface area (Å²) in [5.41, 5.74) is -2.02. The molecule has 0 saturated heterocycles. The van der Waals surface area contributed by atoms with Crippen molar-refractivity contribution in [3.8, 4) is 0 Å². The minimum absolute atomic E-state index is 0.144. The zero-order valence-electron chi connectivity index (χ0n) is 15.8. The molecule has 0 aliphatic heterocycles. The van der Waals surface area contributed by atoms with Gasteiger partial charge in [-0.3, -0.25) is 4.79 Å². The van der Waals surface area contributed by atoms with Crippen LogP contribution in [0.1, 0.15) is 38.7 Å². The first-order valence-corrected chi connectivity index (χ1v) is 9.65. The van der Waals surface area contributed by atoms with E-state index in [9.17, 15) is 22.8 Å². The van der Waals surface area contributed by atoms with Crippen LogP contribution in [0.2, 0.25) is 0 Å². The summed E-state index contributed by atoms with van der Waals surface area (Å²) in [6.07, 6.45) is -4.29. The Kier molecular flexibility index (Phi) is 6.87. The number of nitrogens with zero attached hydrogens (tertiary/aromatic N) is 1. The summed E-state index contributed by atoms with van der Waals surface area (Å²) in [5, 5.41) is 3.77. The summed E-state index contributed by atoms with van der Waals surface area (Å²) in [7, 11) is 0. The van der Waals surface area contributed by atoms with Crippen molar-refractivity contribution in [2.24, 2.45) is 0 Å². The van der Waals surface area contributed by atoms with Gasteiger partial charge in [0.15, 0.2) is 5.13 Å². The molecule has 28 heavy (non-hydrogen) atoms. The molecule has 6 nitrogen and oxygen atoms in total. The van der Waals surface area contributed by atoms with Gasteiger partial charge in [0.25, 0.3) is 0 Å². The quantitative estimate of drug-likeness (QED) is 0.498. The Labute approximate surface area is 164 Å². The summed E-state index contributed by atoms with van der Waals surface area (Å²) in [6.45, 7) is 4.76. The number of esters is 1. The van der Waals surface area contributed by atoms with Gasteiger partial charge in [0.2, 0.25) is 5.91 Å². The number of anilines is 1. The molecule has 1 heterocycles. The predicted octanol–water partition coefficient (Wildman–Crippen LogP) is 4.14. The molecule has 0 bridgehead atoms. The van der Waals surface area contributed by atoms with Gasteiger partial charge < -0.3 is 15.4 Å². The van der Waals surface area contributed by atoms with Crippen molar-refractivity contribution in [3.63, 3.8) is 0 Å². The van der Waals surface area contributed by atoms with E-state index >= 15 is 0 Å². The zero-order valence-corrected chi connectivity index (χ0v) is 16.6. The Morgan fingerprint density at radius 1 is 1.25 bits per heavy atom. The van der Waals surface area contributed by atoms with Gasteiger partial charge >= 0.3 is 17.8 Å². The van der Waals surface area contributed by atoms with Gasteiger partial charge in [-0.1, -0.05) is 30.7 Å². The summed E-state index contributed by atoms with van der Waals surface area (Å²) >= 11 is 0.954. The summed E-state index contributed by atoms with van der Waals surface area (Å²) in [5.74, 6) is -2.54. The number of hydrogen-bond donors (Lipinski definition) is 2. The van der Waals surface area contributed by atoms with Crippen LogP contribution in [-0.4, -0.2) is 35.3 Å². The van der Waals surface area contributed by atoms with Gasteiger partial charge in [0.05, 0.1) is 16.8 Å². The molecule has 0 unspecified atom stereocenters. The van der Waals surface area contributed by atoms with Crippen molar-refractivity contribution >= 4 is 38.6 Å². The van der Waals surface area contributed by atoms with Gasteiger partial charge in [0.1, 0.15) is 0 Å². The number of carbonyl (C=O) groups excluding carboxylic acids is 2. The number of rotatable bonds is 8. The number of benzene rings is 1.